The van der Waals surface area contributed by atoms with Crippen LogP contribution in [0, 0.1) is 0 Å². The van der Waals surface area contributed by atoms with E-state index in [1.807, 2.05) is 0 Å². The van der Waals surface area contributed by atoms with Gasteiger partial charge < -0.3 is 4.57 Å². The molecule has 5 aromatic rings. The highest BCUT2D eigenvalue weighted by atomic mass is 15.0. The van der Waals surface area contributed by atoms with E-state index in [4.69, 9.17) is 0 Å². The van der Waals surface area contributed by atoms with E-state index in [-0.39, 0.29) is 6.71 Å². The molecule has 2 heterocycles. The predicted molar refractivity (Wildman–Crippen MR) is 136 cm³/mol. The fraction of sp³-hybridized carbons (Fsp3) is 0.133. The Morgan fingerprint density at radius 3 is 2.19 bits per heavy atom. The van der Waals surface area contributed by atoms with Crippen molar-refractivity contribution in [3.8, 4) is 16.8 Å². The number of para-hydroxylation sites is 1. The highest BCUT2D eigenvalue weighted by Gasteiger charge is 2.37. The van der Waals surface area contributed by atoms with Crippen molar-refractivity contribution in [2.75, 3.05) is 0 Å². The van der Waals surface area contributed by atoms with Crippen LogP contribution in [0.4, 0.5) is 0 Å². The summed E-state index contributed by atoms with van der Waals surface area (Å²) in [5, 5.41) is 1.45. The number of rotatable bonds is 2. The molecule has 0 bridgehead atoms. The van der Waals surface area contributed by atoms with Gasteiger partial charge in [0.2, 0.25) is 6.71 Å². The van der Waals surface area contributed by atoms with Crippen LogP contribution in [0.1, 0.15) is 24.1 Å². The van der Waals surface area contributed by atoms with Crippen molar-refractivity contribution >= 4 is 34.0 Å². The molecule has 0 N–H and O–H groups in total. The lowest BCUT2D eigenvalue weighted by Gasteiger charge is -2.18. The number of aryl methyl sites for hydroxylation is 1. The molecule has 1 aromatic heterocycles. The maximum Gasteiger partial charge on any atom is 0.245 e. The van der Waals surface area contributed by atoms with Gasteiger partial charge in [-0.05, 0) is 60.0 Å². The van der Waals surface area contributed by atoms with E-state index in [1.54, 1.807) is 5.56 Å². The zero-order valence-electron chi connectivity index (χ0n) is 18.1. The van der Waals surface area contributed by atoms with Crippen molar-refractivity contribution in [2.45, 2.75) is 25.7 Å². The average molecular weight is 409 g/mol. The van der Waals surface area contributed by atoms with Crippen LogP contribution in [0.25, 0.3) is 27.7 Å². The first kappa shape index (κ1) is 18.1. The Balaban J connectivity index is 1.64. The summed E-state index contributed by atoms with van der Waals surface area (Å²) in [6.45, 7) is 0.268. The molecule has 0 unspecified atom stereocenters. The molecule has 32 heavy (non-hydrogen) atoms. The van der Waals surface area contributed by atoms with Gasteiger partial charge in [0.1, 0.15) is 0 Å². The Hall–Kier alpha value is -3.52. The van der Waals surface area contributed by atoms with Crippen LogP contribution in [0.15, 0.2) is 97.1 Å². The molecule has 152 valence electrons. The Labute approximate surface area is 189 Å². The first-order valence-corrected chi connectivity index (χ1v) is 11.8. The topological polar surface area (TPSA) is 4.93 Å². The van der Waals surface area contributed by atoms with Gasteiger partial charge in [-0.3, -0.25) is 0 Å². The SMILES string of the molecule is c1ccc(B2c3ccccc3-c3ccc4c5c(n(-c6ccccc6)c4c32)CCCC5)cc1. The monoisotopic (exact) mass is 409 g/mol. The van der Waals surface area contributed by atoms with E-state index in [0.717, 1.165) is 6.42 Å². The largest absolute Gasteiger partial charge is 0.314 e. The molecule has 1 nitrogen and oxygen atoms in total. The molecule has 0 spiro atoms. The standard InChI is InChI=1S/C30H24BN/c1-3-11-21(12-4-1)31-27-17-9-7-15-23(27)25-19-20-26-24-16-8-10-18-28(24)32(30(26)29(25)31)22-13-5-2-6-14-22/h1-7,9,11-15,17,19-20H,8,10,16,18H2. The lowest BCUT2D eigenvalue weighted by Crippen LogP contribution is -2.49. The molecule has 0 fully saturated rings. The number of hydrogen-bond acceptors (Lipinski definition) is 0. The lowest BCUT2D eigenvalue weighted by molar-refractivity contribution is 0.667. The summed E-state index contributed by atoms with van der Waals surface area (Å²) in [5.41, 5.74) is 12.9. The molecular formula is C30H24BN. The summed E-state index contributed by atoms with van der Waals surface area (Å²) in [6, 6.07) is 35.9. The molecule has 1 aliphatic carbocycles. The summed E-state index contributed by atoms with van der Waals surface area (Å²) < 4.78 is 2.60. The van der Waals surface area contributed by atoms with E-state index < -0.39 is 0 Å². The maximum atomic E-state index is 2.60. The summed E-state index contributed by atoms with van der Waals surface area (Å²) >= 11 is 0. The summed E-state index contributed by atoms with van der Waals surface area (Å²) in [4.78, 5) is 0. The van der Waals surface area contributed by atoms with E-state index in [0.29, 0.717) is 0 Å². The van der Waals surface area contributed by atoms with Gasteiger partial charge in [0, 0.05) is 22.3 Å². The predicted octanol–water partition coefficient (Wildman–Crippen LogP) is 5.01. The van der Waals surface area contributed by atoms with E-state index in [9.17, 15) is 0 Å². The second kappa shape index (κ2) is 7.00. The van der Waals surface area contributed by atoms with Crippen LogP contribution >= 0.6 is 0 Å². The van der Waals surface area contributed by atoms with Gasteiger partial charge in [0.25, 0.3) is 0 Å². The molecule has 4 aromatic carbocycles. The average Bonchev–Trinajstić information content (AvgIpc) is 3.38. The van der Waals surface area contributed by atoms with Crippen LogP contribution < -0.4 is 16.4 Å². The Kier molecular flexibility index (Phi) is 3.96. The van der Waals surface area contributed by atoms with Gasteiger partial charge in [-0.2, -0.15) is 0 Å². The molecule has 0 saturated carbocycles. The summed E-state index contributed by atoms with van der Waals surface area (Å²) in [6.07, 6.45) is 4.92. The van der Waals surface area contributed by atoms with E-state index in [1.165, 1.54) is 69.1 Å². The van der Waals surface area contributed by atoms with Gasteiger partial charge in [-0.1, -0.05) is 95.9 Å². The van der Waals surface area contributed by atoms with Crippen LogP contribution in [-0.2, 0) is 12.8 Å². The first-order chi connectivity index (χ1) is 15.9. The molecule has 1 aliphatic heterocycles. The van der Waals surface area contributed by atoms with Gasteiger partial charge in [0.15, 0.2) is 0 Å². The smallest absolute Gasteiger partial charge is 0.245 e. The van der Waals surface area contributed by atoms with Gasteiger partial charge in [0.05, 0.1) is 0 Å². The number of hydrogen-bond donors (Lipinski definition) is 0. The normalized spacial score (nSPS) is 14.3. The van der Waals surface area contributed by atoms with Crippen LogP contribution in [0.5, 0.6) is 0 Å². The Morgan fingerprint density at radius 1 is 0.625 bits per heavy atom. The second-order valence-electron chi connectivity index (χ2n) is 9.16. The van der Waals surface area contributed by atoms with Crippen LogP contribution in [0.2, 0.25) is 0 Å². The van der Waals surface area contributed by atoms with Crippen molar-refractivity contribution in [2.24, 2.45) is 0 Å². The third kappa shape index (κ3) is 2.47. The first-order valence-electron chi connectivity index (χ1n) is 11.8. The van der Waals surface area contributed by atoms with Crippen molar-refractivity contribution < 1.29 is 0 Å². The Bertz CT molecular complexity index is 1460. The molecular weight excluding hydrogens is 385 g/mol. The number of fused-ring (bicyclic) bond motifs is 7. The van der Waals surface area contributed by atoms with Crippen molar-refractivity contribution in [3.05, 3.63) is 108 Å². The number of aromatic nitrogens is 1. The van der Waals surface area contributed by atoms with Crippen molar-refractivity contribution in [3.63, 3.8) is 0 Å². The van der Waals surface area contributed by atoms with E-state index >= 15 is 0 Å². The van der Waals surface area contributed by atoms with Gasteiger partial charge >= 0.3 is 0 Å². The van der Waals surface area contributed by atoms with Crippen molar-refractivity contribution in [1.29, 1.82) is 0 Å². The summed E-state index contributed by atoms with van der Waals surface area (Å²) in [7, 11) is 0. The van der Waals surface area contributed by atoms with Crippen LogP contribution in [-0.4, -0.2) is 11.3 Å². The number of benzene rings is 4. The third-order valence-electron chi connectivity index (χ3n) is 7.47. The molecule has 0 amide bonds. The maximum absolute atomic E-state index is 2.60. The minimum Gasteiger partial charge on any atom is -0.314 e. The minimum atomic E-state index is 0.268. The van der Waals surface area contributed by atoms with Crippen molar-refractivity contribution in [1.82, 2.24) is 4.57 Å². The molecule has 7 rings (SSSR count). The molecule has 2 heteroatoms. The molecule has 2 aliphatic rings. The Morgan fingerprint density at radius 2 is 1.34 bits per heavy atom. The summed E-state index contributed by atoms with van der Waals surface area (Å²) in [5.74, 6) is 0. The highest BCUT2D eigenvalue weighted by molar-refractivity contribution is 7.00. The molecule has 0 atom stereocenters. The van der Waals surface area contributed by atoms with E-state index in [2.05, 4.69) is 102 Å². The molecule has 0 radical (unpaired) electrons. The fourth-order valence-electron chi connectivity index (χ4n) is 6.18. The zero-order chi connectivity index (χ0) is 21.1. The number of nitrogens with zero attached hydrogens (tertiary/aromatic N) is 1. The third-order valence-corrected chi connectivity index (χ3v) is 7.47. The minimum absolute atomic E-state index is 0.268. The second-order valence-corrected chi connectivity index (χ2v) is 9.16. The van der Waals surface area contributed by atoms with Crippen LogP contribution in [0.3, 0.4) is 0 Å². The van der Waals surface area contributed by atoms with Gasteiger partial charge in [-0.15, -0.1) is 0 Å². The lowest BCUT2D eigenvalue weighted by atomic mass is 9.38. The highest BCUT2D eigenvalue weighted by Crippen LogP contribution is 2.37. The quantitative estimate of drug-likeness (QED) is 0.355. The molecule has 0 saturated heterocycles. The van der Waals surface area contributed by atoms with Gasteiger partial charge in [-0.25, -0.2) is 0 Å². The zero-order valence-corrected chi connectivity index (χ0v) is 18.1. The fourth-order valence-corrected chi connectivity index (χ4v) is 6.18.